The van der Waals surface area contributed by atoms with Crippen molar-refractivity contribution in [3.8, 4) is 28.6 Å². The highest BCUT2D eigenvalue weighted by Crippen LogP contribution is 2.39. The molecule has 0 aliphatic carbocycles. The number of anilines is 1. The average Bonchev–Trinajstić information content (AvgIpc) is 3.64. The molecule has 1 N–H and O–H groups in total. The van der Waals surface area contributed by atoms with Crippen LogP contribution in [0.1, 0.15) is 43.3 Å². The Labute approximate surface area is 221 Å². The number of ether oxygens (including phenoxy) is 2. The van der Waals surface area contributed by atoms with Crippen LogP contribution in [0.4, 0.5) is 5.95 Å². The molecular weight excluding hydrogens is 508 g/mol. The van der Waals surface area contributed by atoms with Crippen LogP contribution in [0.5, 0.6) is 11.5 Å². The molecule has 0 saturated heterocycles. The molecule has 3 aromatic heterocycles. The quantitative estimate of drug-likeness (QED) is 0.340. The number of fused-ring (bicyclic) bond motifs is 1. The van der Waals surface area contributed by atoms with Gasteiger partial charge in [0.25, 0.3) is 0 Å². The van der Waals surface area contributed by atoms with Gasteiger partial charge < -0.3 is 9.47 Å². The van der Waals surface area contributed by atoms with Crippen molar-refractivity contribution in [3.63, 3.8) is 0 Å². The second-order valence-electron chi connectivity index (χ2n) is 9.28. The van der Waals surface area contributed by atoms with Gasteiger partial charge in [-0.2, -0.15) is 5.10 Å². The van der Waals surface area contributed by atoms with Crippen molar-refractivity contribution in [2.45, 2.75) is 51.3 Å². The first-order valence-corrected chi connectivity index (χ1v) is 13.8. The highest BCUT2D eigenvalue weighted by atomic mass is 32.2. The molecule has 38 heavy (non-hydrogen) atoms. The summed E-state index contributed by atoms with van der Waals surface area (Å²) < 4.78 is 44.8. The summed E-state index contributed by atoms with van der Waals surface area (Å²) in [4.78, 5) is 8.65. The number of hydrogen-bond acceptors (Lipinski definition) is 9. The van der Waals surface area contributed by atoms with Crippen LogP contribution in [0, 0.1) is 6.92 Å². The Balaban J connectivity index is 1.62. The zero-order chi connectivity index (χ0) is 27.0. The monoisotopic (exact) mass is 538 g/mol. The summed E-state index contributed by atoms with van der Waals surface area (Å²) in [6.45, 7) is 6.09. The van der Waals surface area contributed by atoms with Crippen molar-refractivity contribution in [2.75, 3.05) is 18.9 Å². The highest BCUT2D eigenvalue weighted by Gasteiger charge is 2.33. The lowest BCUT2D eigenvalue weighted by Gasteiger charge is -2.21. The third-order valence-corrected chi connectivity index (χ3v) is 8.75. The molecule has 13 heteroatoms. The first kappa shape index (κ1) is 25.6. The average molecular weight is 539 g/mol. The number of benzene rings is 1. The summed E-state index contributed by atoms with van der Waals surface area (Å²) in [6, 6.07) is 5.32. The second kappa shape index (κ2) is 10.0. The molecule has 0 saturated carbocycles. The Hall–Kier alpha value is -4.00. The maximum absolute atomic E-state index is 13.6. The standard InChI is InChI=1S/C25H30N8O4S/c1-15-12-26-23(27-13-15)16(2)17(3)38(34,35)31-25-30-29-24(18-14-28-32-11-7-8-19(18)32)33(25)22-20(36-4)9-6-10-21(22)37-5/h6,9-10,12-14,16-17H,7-8,11H2,1-5H3,(H,30,31)/t16-,17-/m0/s1. The van der Waals surface area contributed by atoms with Gasteiger partial charge in [0.15, 0.2) is 5.82 Å². The zero-order valence-electron chi connectivity index (χ0n) is 21.9. The molecule has 1 aliphatic rings. The molecule has 12 nitrogen and oxygen atoms in total. The summed E-state index contributed by atoms with van der Waals surface area (Å²) >= 11 is 0. The molecule has 1 aromatic carbocycles. The van der Waals surface area contributed by atoms with E-state index in [-0.39, 0.29) is 5.95 Å². The zero-order valence-corrected chi connectivity index (χ0v) is 22.7. The van der Waals surface area contributed by atoms with Crippen molar-refractivity contribution in [2.24, 2.45) is 0 Å². The summed E-state index contributed by atoms with van der Waals surface area (Å²) in [7, 11) is -0.890. The van der Waals surface area contributed by atoms with Crippen LogP contribution in [-0.2, 0) is 23.0 Å². The molecule has 2 atom stereocenters. The van der Waals surface area contributed by atoms with Gasteiger partial charge in [-0.1, -0.05) is 13.0 Å². The first-order chi connectivity index (χ1) is 18.2. The molecule has 200 valence electrons. The van der Waals surface area contributed by atoms with Gasteiger partial charge in [-0.3, -0.25) is 14.0 Å². The number of aryl methyl sites for hydroxylation is 2. The van der Waals surface area contributed by atoms with E-state index in [9.17, 15) is 8.42 Å². The van der Waals surface area contributed by atoms with Crippen LogP contribution in [0.15, 0.2) is 36.8 Å². The fraction of sp³-hybridized carbons (Fsp3) is 0.400. The first-order valence-electron chi connectivity index (χ1n) is 12.3. The van der Waals surface area contributed by atoms with Gasteiger partial charge in [-0.15, -0.1) is 10.2 Å². The number of nitrogens with zero attached hydrogens (tertiary/aromatic N) is 7. The minimum atomic E-state index is -3.96. The summed E-state index contributed by atoms with van der Waals surface area (Å²) in [5, 5.41) is 12.3. The normalized spacial score (nSPS) is 14.7. The molecule has 4 heterocycles. The third-order valence-electron chi connectivity index (χ3n) is 6.90. The number of hydrogen-bond donors (Lipinski definition) is 1. The van der Waals surface area contributed by atoms with Crippen LogP contribution in [-0.4, -0.2) is 62.4 Å². The minimum absolute atomic E-state index is 0.00428. The van der Waals surface area contributed by atoms with Gasteiger partial charge in [0.2, 0.25) is 16.0 Å². The summed E-state index contributed by atoms with van der Waals surface area (Å²) in [6.07, 6.45) is 6.88. The maximum Gasteiger partial charge on any atom is 0.243 e. The molecule has 0 bridgehead atoms. The third kappa shape index (κ3) is 4.46. The van der Waals surface area contributed by atoms with E-state index in [2.05, 4.69) is 30.0 Å². The van der Waals surface area contributed by atoms with E-state index in [1.807, 2.05) is 11.6 Å². The molecule has 0 spiro atoms. The lowest BCUT2D eigenvalue weighted by Crippen LogP contribution is -2.31. The van der Waals surface area contributed by atoms with Gasteiger partial charge in [-0.05, 0) is 44.4 Å². The van der Waals surface area contributed by atoms with Gasteiger partial charge in [0.1, 0.15) is 23.0 Å². The van der Waals surface area contributed by atoms with Gasteiger partial charge in [-0.25, -0.2) is 18.4 Å². The lowest BCUT2D eigenvalue weighted by molar-refractivity contribution is 0.391. The predicted octanol–water partition coefficient (Wildman–Crippen LogP) is 3.13. The fourth-order valence-electron chi connectivity index (χ4n) is 4.58. The number of sulfonamides is 1. The summed E-state index contributed by atoms with van der Waals surface area (Å²) in [5.41, 5.74) is 3.15. The molecule has 1 aliphatic heterocycles. The largest absolute Gasteiger partial charge is 0.494 e. The Morgan fingerprint density at radius 3 is 2.37 bits per heavy atom. The molecule has 0 amide bonds. The van der Waals surface area contributed by atoms with Crippen molar-refractivity contribution < 1.29 is 17.9 Å². The Morgan fingerprint density at radius 2 is 1.71 bits per heavy atom. The van der Waals surface area contributed by atoms with E-state index in [1.165, 1.54) is 14.2 Å². The minimum Gasteiger partial charge on any atom is -0.494 e. The van der Waals surface area contributed by atoms with Crippen LogP contribution >= 0.6 is 0 Å². The fourth-order valence-corrected chi connectivity index (χ4v) is 5.81. The van der Waals surface area contributed by atoms with E-state index in [1.54, 1.807) is 55.2 Å². The van der Waals surface area contributed by atoms with E-state index in [0.29, 0.717) is 28.8 Å². The topological polar surface area (TPSA) is 139 Å². The number of nitrogens with one attached hydrogen (secondary N) is 1. The molecule has 4 aromatic rings. The van der Waals surface area contributed by atoms with Crippen molar-refractivity contribution in [1.82, 2.24) is 34.5 Å². The number of rotatable bonds is 9. The number of para-hydroxylation sites is 1. The molecule has 0 fully saturated rings. The van der Waals surface area contributed by atoms with E-state index in [4.69, 9.17) is 9.47 Å². The van der Waals surface area contributed by atoms with Gasteiger partial charge in [0.05, 0.1) is 31.2 Å². The van der Waals surface area contributed by atoms with E-state index in [0.717, 1.165) is 36.2 Å². The SMILES string of the molecule is COc1cccc(OC)c1-n1c(NS(=O)(=O)[C@@H](C)[C@H](C)c2ncc(C)cn2)nnc1-c1cnn2c1CCC2. The van der Waals surface area contributed by atoms with Crippen molar-refractivity contribution >= 4 is 16.0 Å². The Kier molecular flexibility index (Phi) is 6.78. The number of methoxy groups -OCH3 is 2. The highest BCUT2D eigenvalue weighted by molar-refractivity contribution is 7.93. The van der Waals surface area contributed by atoms with Crippen LogP contribution < -0.4 is 14.2 Å². The Bertz CT molecular complexity index is 1540. The van der Waals surface area contributed by atoms with Crippen molar-refractivity contribution in [1.29, 1.82) is 0 Å². The molecular formula is C25H30N8O4S. The lowest BCUT2D eigenvalue weighted by atomic mass is 10.1. The van der Waals surface area contributed by atoms with E-state index < -0.39 is 21.2 Å². The van der Waals surface area contributed by atoms with E-state index >= 15 is 0 Å². The molecule has 5 rings (SSSR count). The second-order valence-corrected chi connectivity index (χ2v) is 11.3. The van der Waals surface area contributed by atoms with Crippen LogP contribution in [0.3, 0.4) is 0 Å². The predicted molar refractivity (Wildman–Crippen MR) is 141 cm³/mol. The van der Waals surface area contributed by atoms with Gasteiger partial charge >= 0.3 is 0 Å². The molecule has 0 radical (unpaired) electrons. The van der Waals surface area contributed by atoms with Crippen molar-refractivity contribution in [3.05, 3.63) is 53.9 Å². The smallest absolute Gasteiger partial charge is 0.243 e. The molecule has 0 unspecified atom stereocenters. The Morgan fingerprint density at radius 1 is 1.03 bits per heavy atom. The summed E-state index contributed by atoms with van der Waals surface area (Å²) in [5.74, 6) is 1.32. The van der Waals surface area contributed by atoms with Crippen LogP contribution in [0.2, 0.25) is 0 Å². The van der Waals surface area contributed by atoms with Gasteiger partial charge in [0, 0.05) is 30.6 Å². The number of aromatic nitrogens is 7. The maximum atomic E-state index is 13.6. The van der Waals surface area contributed by atoms with Crippen LogP contribution in [0.25, 0.3) is 17.1 Å².